The fourth-order valence-corrected chi connectivity index (χ4v) is 4.09. The summed E-state index contributed by atoms with van der Waals surface area (Å²) in [5.74, 6) is -4.33. The van der Waals surface area contributed by atoms with Crippen molar-refractivity contribution in [1.29, 1.82) is 0 Å². The molecule has 0 aliphatic carbocycles. The third-order valence-electron chi connectivity index (χ3n) is 6.15. The lowest BCUT2D eigenvalue weighted by atomic mass is 10.0. The first-order valence-corrected chi connectivity index (χ1v) is 12.7. The number of fused-ring (bicyclic) bond motifs is 1. The quantitative estimate of drug-likeness (QED) is 0.142. The third-order valence-corrected chi connectivity index (χ3v) is 6.15. The highest BCUT2D eigenvalue weighted by Crippen LogP contribution is 2.19. The largest absolute Gasteiger partial charge is 0.480 e. The molecule has 1 aromatic carbocycles. The van der Waals surface area contributed by atoms with Crippen molar-refractivity contribution >= 4 is 40.5 Å². The number of aliphatic carboxylic acids is 1. The zero-order valence-electron chi connectivity index (χ0n) is 22.3. The van der Waals surface area contributed by atoms with E-state index in [0.717, 1.165) is 10.9 Å². The molecule has 4 amide bonds. The number of carbonyl (C=O) groups excluding carboxylic acids is 4. The molecule has 2 aromatic rings. The fraction of sp³-hybridized carbons (Fsp3) is 0.500. The van der Waals surface area contributed by atoms with Crippen molar-refractivity contribution < 1.29 is 34.2 Å². The Balaban J connectivity index is 2.30. The van der Waals surface area contributed by atoms with Gasteiger partial charge in [-0.05, 0) is 37.3 Å². The van der Waals surface area contributed by atoms with Gasteiger partial charge in [0.2, 0.25) is 23.6 Å². The molecule has 0 aliphatic heterocycles. The number of rotatable bonds is 15. The maximum Gasteiger partial charge on any atom is 0.326 e. The van der Waals surface area contributed by atoms with E-state index in [-0.39, 0.29) is 25.2 Å². The van der Waals surface area contributed by atoms with Crippen LogP contribution in [0, 0.1) is 5.92 Å². The number of primary amides is 1. The SMILES string of the molecule is CC(C)CC(N)C(=O)NC(C(=O)NC(Cc1c[nH]c2ccccc12)C(=O)NC(CCC(N)=O)C(=O)O)C(C)O. The van der Waals surface area contributed by atoms with Gasteiger partial charge in [-0.15, -0.1) is 0 Å². The molecule has 1 heterocycles. The van der Waals surface area contributed by atoms with Crippen LogP contribution in [0.15, 0.2) is 30.5 Å². The molecule has 5 unspecified atom stereocenters. The van der Waals surface area contributed by atoms with Gasteiger partial charge in [0, 0.05) is 29.9 Å². The number of aromatic nitrogens is 1. The van der Waals surface area contributed by atoms with Crippen LogP contribution in [0.4, 0.5) is 0 Å². The monoisotopic (exact) mass is 546 g/mol. The van der Waals surface area contributed by atoms with Crippen LogP contribution in [-0.2, 0) is 30.4 Å². The summed E-state index contributed by atoms with van der Waals surface area (Å²) in [6, 6.07) is 2.20. The van der Waals surface area contributed by atoms with Gasteiger partial charge >= 0.3 is 5.97 Å². The van der Waals surface area contributed by atoms with E-state index in [2.05, 4.69) is 20.9 Å². The van der Waals surface area contributed by atoms with Gasteiger partial charge in [0.25, 0.3) is 0 Å². The topological polar surface area (TPSA) is 230 Å². The highest BCUT2D eigenvalue weighted by Gasteiger charge is 2.33. The molecule has 0 saturated heterocycles. The molecule has 0 spiro atoms. The Kier molecular flexibility index (Phi) is 11.4. The van der Waals surface area contributed by atoms with Gasteiger partial charge in [0.05, 0.1) is 12.1 Å². The lowest BCUT2D eigenvalue weighted by Crippen LogP contribution is -2.60. The van der Waals surface area contributed by atoms with Gasteiger partial charge in [-0.1, -0.05) is 32.0 Å². The third kappa shape index (κ3) is 9.37. The molecule has 0 bridgehead atoms. The summed E-state index contributed by atoms with van der Waals surface area (Å²) < 4.78 is 0. The number of carboxylic acids is 1. The number of para-hydroxylation sites is 1. The second-order valence-corrected chi connectivity index (χ2v) is 9.99. The molecule has 0 saturated carbocycles. The van der Waals surface area contributed by atoms with E-state index < -0.39 is 59.9 Å². The minimum Gasteiger partial charge on any atom is -0.480 e. The van der Waals surface area contributed by atoms with E-state index in [1.807, 2.05) is 32.0 Å². The predicted molar refractivity (Wildman–Crippen MR) is 143 cm³/mol. The summed E-state index contributed by atoms with van der Waals surface area (Å²) in [5.41, 5.74) is 12.5. The number of hydrogen-bond acceptors (Lipinski definition) is 7. The summed E-state index contributed by atoms with van der Waals surface area (Å²) in [6.07, 6.45) is 0.120. The predicted octanol–water partition coefficient (Wildman–Crippen LogP) is -0.731. The van der Waals surface area contributed by atoms with Gasteiger partial charge in [-0.2, -0.15) is 0 Å². The van der Waals surface area contributed by atoms with Crippen LogP contribution in [0.5, 0.6) is 0 Å². The number of nitrogens with one attached hydrogen (secondary N) is 4. The number of aliphatic hydroxyl groups excluding tert-OH is 1. The lowest BCUT2D eigenvalue weighted by Gasteiger charge is -2.26. The van der Waals surface area contributed by atoms with Crippen LogP contribution in [0.3, 0.4) is 0 Å². The highest BCUT2D eigenvalue weighted by molar-refractivity contribution is 5.95. The number of benzene rings is 1. The number of amides is 4. The first-order valence-electron chi connectivity index (χ1n) is 12.7. The Morgan fingerprint density at radius 2 is 1.59 bits per heavy atom. The van der Waals surface area contributed by atoms with E-state index >= 15 is 0 Å². The van der Waals surface area contributed by atoms with Gasteiger partial charge in [0.1, 0.15) is 18.1 Å². The van der Waals surface area contributed by atoms with E-state index in [1.54, 1.807) is 12.3 Å². The Hall–Kier alpha value is -3.97. The second kappa shape index (κ2) is 14.3. The van der Waals surface area contributed by atoms with Gasteiger partial charge in [0.15, 0.2) is 0 Å². The van der Waals surface area contributed by atoms with E-state index in [0.29, 0.717) is 12.0 Å². The lowest BCUT2D eigenvalue weighted by molar-refractivity contribution is -0.142. The Morgan fingerprint density at radius 1 is 0.949 bits per heavy atom. The summed E-state index contributed by atoms with van der Waals surface area (Å²) in [4.78, 5) is 64.9. The first kappa shape index (κ1) is 31.2. The average molecular weight is 547 g/mol. The normalized spacial score (nSPS) is 15.1. The van der Waals surface area contributed by atoms with E-state index in [1.165, 1.54) is 6.92 Å². The number of aliphatic hydroxyl groups is 1. The Labute approximate surface area is 226 Å². The van der Waals surface area contributed by atoms with Crippen LogP contribution in [0.2, 0.25) is 0 Å². The number of H-pyrrole nitrogens is 1. The van der Waals surface area contributed by atoms with E-state index in [4.69, 9.17) is 11.5 Å². The number of aromatic amines is 1. The number of carboxylic acid groups (broad SMARTS) is 1. The molecule has 1 aromatic heterocycles. The average Bonchev–Trinajstić information content (AvgIpc) is 3.26. The fourth-order valence-electron chi connectivity index (χ4n) is 4.09. The molecular weight excluding hydrogens is 508 g/mol. The standard InChI is InChI=1S/C26H38N6O7/c1-13(2)10-17(27)23(35)32-22(14(3)33)25(37)31-20(11-15-12-29-18-7-5-4-6-16(15)18)24(36)30-19(26(38)39)8-9-21(28)34/h4-7,12-14,17,19-20,22,29,33H,8-11,27H2,1-3H3,(H2,28,34)(H,30,36)(H,31,37)(H,32,35)(H,38,39). The summed E-state index contributed by atoms with van der Waals surface area (Å²) in [6.45, 7) is 5.07. The highest BCUT2D eigenvalue weighted by atomic mass is 16.4. The maximum atomic E-state index is 13.3. The Morgan fingerprint density at radius 3 is 2.18 bits per heavy atom. The summed E-state index contributed by atoms with van der Waals surface area (Å²) in [5, 5.41) is 27.9. The summed E-state index contributed by atoms with van der Waals surface area (Å²) >= 11 is 0. The molecular formula is C26H38N6O7. The Bertz CT molecular complexity index is 1180. The molecule has 10 N–H and O–H groups in total. The number of carbonyl (C=O) groups is 5. The van der Waals surface area contributed by atoms with Crippen LogP contribution in [0.25, 0.3) is 10.9 Å². The van der Waals surface area contributed by atoms with Crippen LogP contribution < -0.4 is 27.4 Å². The van der Waals surface area contributed by atoms with Crippen molar-refractivity contribution in [1.82, 2.24) is 20.9 Å². The first-order chi connectivity index (χ1) is 18.3. The molecule has 2 rings (SSSR count). The van der Waals surface area contributed by atoms with Crippen molar-refractivity contribution in [2.24, 2.45) is 17.4 Å². The number of hydrogen-bond donors (Lipinski definition) is 8. The molecule has 13 nitrogen and oxygen atoms in total. The number of nitrogens with two attached hydrogens (primary N) is 2. The molecule has 0 aliphatic rings. The van der Waals surface area contributed by atoms with Crippen molar-refractivity contribution in [2.45, 2.75) is 76.7 Å². The second-order valence-electron chi connectivity index (χ2n) is 9.99. The van der Waals surface area contributed by atoms with Crippen molar-refractivity contribution in [2.75, 3.05) is 0 Å². The molecule has 13 heteroatoms. The van der Waals surface area contributed by atoms with Gasteiger partial charge < -0.3 is 42.6 Å². The molecule has 0 radical (unpaired) electrons. The molecule has 5 atom stereocenters. The van der Waals surface area contributed by atoms with Crippen LogP contribution in [-0.4, -0.2) is 75.1 Å². The molecule has 214 valence electrons. The smallest absolute Gasteiger partial charge is 0.326 e. The van der Waals surface area contributed by atoms with Crippen molar-refractivity contribution in [3.05, 3.63) is 36.0 Å². The van der Waals surface area contributed by atoms with E-state index in [9.17, 15) is 34.2 Å². The van der Waals surface area contributed by atoms with Crippen LogP contribution >= 0.6 is 0 Å². The van der Waals surface area contributed by atoms with Crippen LogP contribution in [0.1, 0.15) is 45.6 Å². The zero-order valence-corrected chi connectivity index (χ0v) is 22.3. The maximum absolute atomic E-state index is 13.3. The zero-order chi connectivity index (χ0) is 29.3. The minimum atomic E-state index is -1.44. The van der Waals surface area contributed by atoms with Gasteiger partial charge in [-0.25, -0.2) is 4.79 Å². The molecule has 39 heavy (non-hydrogen) atoms. The minimum absolute atomic E-state index is 0.0446. The van der Waals surface area contributed by atoms with Crippen molar-refractivity contribution in [3.63, 3.8) is 0 Å². The summed E-state index contributed by atoms with van der Waals surface area (Å²) in [7, 11) is 0. The molecule has 0 fully saturated rings. The van der Waals surface area contributed by atoms with Crippen molar-refractivity contribution in [3.8, 4) is 0 Å². The van der Waals surface area contributed by atoms with Gasteiger partial charge in [-0.3, -0.25) is 19.2 Å².